The molecule has 6 unspecified atom stereocenters. The van der Waals surface area contributed by atoms with E-state index in [1.54, 1.807) is 0 Å². The molecule has 0 bridgehead atoms. The highest BCUT2D eigenvalue weighted by molar-refractivity contribution is 5.81. The lowest BCUT2D eigenvalue weighted by molar-refractivity contribution is -0.337. The van der Waals surface area contributed by atoms with Crippen LogP contribution in [0.3, 0.4) is 0 Å². The summed E-state index contributed by atoms with van der Waals surface area (Å²) in [7, 11) is 0. The van der Waals surface area contributed by atoms with Crippen LogP contribution in [0.15, 0.2) is 0 Å². The molecule has 0 aliphatic heterocycles. The first-order chi connectivity index (χ1) is 27.3. The van der Waals surface area contributed by atoms with Gasteiger partial charge in [0.05, 0.1) is 43.7 Å². The summed E-state index contributed by atoms with van der Waals surface area (Å²) in [6.07, 6.45) is 27.8. The summed E-state index contributed by atoms with van der Waals surface area (Å²) in [5.41, 5.74) is 0. The number of carboxylic acids is 2. The van der Waals surface area contributed by atoms with E-state index in [1.807, 2.05) is 0 Å². The van der Waals surface area contributed by atoms with E-state index in [2.05, 4.69) is 0 Å². The molecule has 6 saturated carbocycles. The minimum Gasteiger partial charge on any atom is -0.481 e. The zero-order valence-corrected chi connectivity index (χ0v) is 34.5. The van der Waals surface area contributed by atoms with E-state index in [1.165, 1.54) is 64.2 Å². The Morgan fingerprint density at radius 3 is 1.50 bits per heavy atom. The Bertz CT molecular complexity index is 1170. The second-order valence-corrected chi connectivity index (χ2v) is 19.1. The van der Waals surface area contributed by atoms with E-state index in [0.29, 0.717) is 68.9 Å². The van der Waals surface area contributed by atoms with Crippen molar-refractivity contribution < 1.29 is 48.6 Å². The van der Waals surface area contributed by atoms with E-state index in [-0.39, 0.29) is 30.0 Å². The SMILES string of the molecule is O=C(O)C1CCC(C2CCCCC2)CC1COOC1CCC(CCOCCOCCC2CCC(OC(=O)C3CC(C4CCCCC4)CCC3C(=O)O)CC2)CC1. The number of rotatable bonds is 19. The molecule has 0 aromatic carbocycles. The van der Waals surface area contributed by atoms with Crippen molar-refractivity contribution in [1.29, 1.82) is 0 Å². The molecule has 56 heavy (non-hydrogen) atoms. The topological polar surface area (TPSA) is 138 Å². The summed E-state index contributed by atoms with van der Waals surface area (Å²) in [6, 6.07) is 0. The highest BCUT2D eigenvalue weighted by Crippen LogP contribution is 2.45. The third-order valence-corrected chi connectivity index (χ3v) is 15.6. The predicted octanol–water partition coefficient (Wildman–Crippen LogP) is 9.80. The minimum atomic E-state index is -0.842. The van der Waals surface area contributed by atoms with Crippen molar-refractivity contribution >= 4 is 17.9 Å². The first-order valence-electron chi connectivity index (χ1n) is 23.4. The maximum atomic E-state index is 13.3. The monoisotopic (exact) mass is 789 g/mol. The molecule has 6 aliphatic carbocycles. The number of hydrogen-bond acceptors (Lipinski definition) is 8. The lowest BCUT2D eigenvalue weighted by atomic mass is 9.67. The first kappa shape index (κ1) is 43.8. The second kappa shape index (κ2) is 23.1. The van der Waals surface area contributed by atoms with Gasteiger partial charge in [-0.25, -0.2) is 9.78 Å². The summed E-state index contributed by atoms with van der Waals surface area (Å²) >= 11 is 0. The average molecular weight is 789 g/mol. The Kier molecular flexibility index (Phi) is 18.1. The maximum absolute atomic E-state index is 13.3. The molecule has 0 heterocycles. The summed E-state index contributed by atoms with van der Waals surface area (Å²) in [6.45, 7) is 3.06. The number of carboxylic acid groups (broad SMARTS) is 2. The smallest absolute Gasteiger partial charge is 0.310 e. The second-order valence-electron chi connectivity index (χ2n) is 19.1. The molecule has 6 atom stereocenters. The van der Waals surface area contributed by atoms with Crippen molar-refractivity contribution in [1.82, 2.24) is 0 Å². The van der Waals surface area contributed by atoms with Gasteiger partial charge < -0.3 is 24.4 Å². The summed E-state index contributed by atoms with van der Waals surface area (Å²) in [4.78, 5) is 49.0. The van der Waals surface area contributed by atoms with Crippen molar-refractivity contribution in [3.63, 3.8) is 0 Å². The van der Waals surface area contributed by atoms with Gasteiger partial charge in [0.15, 0.2) is 0 Å². The Morgan fingerprint density at radius 1 is 0.464 bits per heavy atom. The fourth-order valence-electron chi connectivity index (χ4n) is 12.0. The van der Waals surface area contributed by atoms with Gasteiger partial charge in [-0.15, -0.1) is 0 Å². The van der Waals surface area contributed by atoms with Gasteiger partial charge >= 0.3 is 17.9 Å². The van der Waals surface area contributed by atoms with Crippen LogP contribution in [0.2, 0.25) is 0 Å². The van der Waals surface area contributed by atoms with Crippen molar-refractivity contribution in [2.24, 2.45) is 59.2 Å². The van der Waals surface area contributed by atoms with Gasteiger partial charge in [0.1, 0.15) is 6.10 Å². The fourth-order valence-corrected chi connectivity index (χ4v) is 12.0. The number of ether oxygens (including phenoxy) is 3. The zero-order chi connectivity index (χ0) is 39.1. The minimum absolute atomic E-state index is 0.0478. The molecule has 320 valence electrons. The van der Waals surface area contributed by atoms with Gasteiger partial charge in [-0.1, -0.05) is 64.2 Å². The number of carbonyl (C=O) groups is 3. The van der Waals surface area contributed by atoms with Crippen LogP contribution in [0.25, 0.3) is 0 Å². The molecule has 10 heteroatoms. The predicted molar refractivity (Wildman–Crippen MR) is 213 cm³/mol. The number of carbonyl (C=O) groups excluding carboxylic acids is 1. The van der Waals surface area contributed by atoms with Crippen LogP contribution < -0.4 is 0 Å². The van der Waals surface area contributed by atoms with Gasteiger partial charge in [0.2, 0.25) is 0 Å². The van der Waals surface area contributed by atoms with Gasteiger partial charge in [-0.3, -0.25) is 14.4 Å². The summed E-state index contributed by atoms with van der Waals surface area (Å²) in [5, 5.41) is 19.7. The molecule has 0 aromatic heterocycles. The standard InChI is InChI=1S/C46H76O10/c47-44(48)41-21-15-36(34-7-3-1-4-8-34)29-38(41)31-54-56-40-19-13-33(14-20-40)24-26-53-28-27-52-25-23-32-11-17-39(18-12-32)55-46(51)43-30-37(16-22-42(43)45(49)50)35-9-5-2-6-10-35/h32-43H,1-31H2,(H,47,48)(H,49,50). The van der Waals surface area contributed by atoms with Crippen LogP contribution in [-0.4, -0.2) is 73.4 Å². The van der Waals surface area contributed by atoms with E-state index >= 15 is 0 Å². The van der Waals surface area contributed by atoms with Crippen LogP contribution in [0.4, 0.5) is 0 Å². The molecule has 0 spiro atoms. The molecule has 0 aromatic rings. The van der Waals surface area contributed by atoms with Gasteiger partial charge in [-0.05, 0) is 144 Å². The maximum Gasteiger partial charge on any atom is 0.310 e. The van der Waals surface area contributed by atoms with Crippen molar-refractivity contribution in [3.05, 3.63) is 0 Å². The van der Waals surface area contributed by atoms with E-state index in [0.717, 1.165) is 102 Å². The van der Waals surface area contributed by atoms with Crippen LogP contribution in [0, 0.1) is 59.2 Å². The normalized spacial score (nSPS) is 35.1. The fraction of sp³-hybridized carbons (Fsp3) is 0.935. The van der Waals surface area contributed by atoms with Crippen molar-refractivity contribution in [2.75, 3.05) is 33.0 Å². The van der Waals surface area contributed by atoms with Crippen LogP contribution in [0.1, 0.15) is 167 Å². The third-order valence-electron chi connectivity index (χ3n) is 15.6. The van der Waals surface area contributed by atoms with Crippen LogP contribution in [0.5, 0.6) is 0 Å². The average Bonchev–Trinajstić information content (AvgIpc) is 3.23. The van der Waals surface area contributed by atoms with Crippen LogP contribution >= 0.6 is 0 Å². The molecule has 6 rings (SSSR count). The summed E-state index contributed by atoms with van der Waals surface area (Å²) < 4.78 is 17.8. The van der Waals surface area contributed by atoms with Gasteiger partial charge in [0, 0.05) is 13.2 Å². The Morgan fingerprint density at radius 2 is 0.964 bits per heavy atom. The number of hydrogen-bond donors (Lipinski definition) is 2. The molecule has 6 fully saturated rings. The lowest BCUT2D eigenvalue weighted by Crippen LogP contribution is -2.40. The highest BCUT2D eigenvalue weighted by Gasteiger charge is 2.43. The Labute approximate surface area is 337 Å². The molecular weight excluding hydrogens is 712 g/mol. The van der Waals surface area contributed by atoms with E-state index < -0.39 is 23.8 Å². The van der Waals surface area contributed by atoms with E-state index in [4.69, 9.17) is 24.0 Å². The molecule has 6 aliphatic rings. The van der Waals surface area contributed by atoms with Crippen LogP contribution in [-0.2, 0) is 38.4 Å². The van der Waals surface area contributed by atoms with Gasteiger partial charge in [-0.2, -0.15) is 0 Å². The third kappa shape index (κ3) is 13.4. The molecule has 0 radical (unpaired) electrons. The number of esters is 1. The highest BCUT2D eigenvalue weighted by atomic mass is 17.2. The molecule has 0 saturated heterocycles. The Hall–Kier alpha value is -1.75. The number of aliphatic carboxylic acids is 2. The zero-order valence-electron chi connectivity index (χ0n) is 34.5. The van der Waals surface area contributed by atoms with Crippen molar-refractivity contribution in [3.8, 4) is 0 Å². The van der Waals surface area contributed by atoms with E-state index in [9.17, 15) is 24.6 Å². The first-order valence-corrected chi connectivity index (χ1v) is 23.4. The quantitative estimate of drug-likeness (QED) is 0.0563. The summed E-state index contributed by atoms with van der Waals surface area (Å²) in [5.74, 6) is 0.575. The molecule has 10 nitrogen and oxygen atoms in total. The Balaban J connectivity index is 0.758. The lowest BCUT2D eigenvalue weighted by Gasteiger charge is -2.39. The molecular formula is C46H76O10. The molecule has 0 amide bonds. The largest absolute Gasteiger partial charge is 0.481 e. The van der Waals surface area contributed by atoms with Crippen molar-refractivity contribution in [2.45, 2.75) is 179 Å². The van der Waals surface area contributed by atoms with Gasteiger partial charge in [0.25, 0.3) is 0 Å². The molecule has 2 N–H and O–H groups in total.